The van der Waals surface area contributed by atoms with Crippen molar-refractivity contribution in [3.8, 4) is 0 Å². The quantitative estimate of drug-likeness (QED) is 0.295. The maximum Gasteiger partial charge on any atom is 0.323 e. The van der Waals surface area contributed by atoms with E-state index in [4.69, 9.17) is 0 Å². The van der Waals surface area contributed by atoms with Gasteiger partial charge in [0.1, 0.15) is 5.82 Å². The number of amides is 2. The third-order valence-electron chi connectivity index (χ3n) is 4.61. The van der Waals surface area contributed by atoms with Crippen molar-refractivity contribution in [2.24, 2.45) is 0 Å². The zero-order chi connectivity index (χ0) is 22.3. The van der Waals surface area contributed by atoms with Crippen molar-refractivity contribution < 1.29 is 4.79 Å². The highest BCUT2D eigenvalue weighted by molar-refractivity contribution is 5.99. The molecule has 0 aliphatic carbocycles. The Hall–Kier alpha value is -4.39. The van der Waals surface area contributed by atoms with Crippen LogP contribution >= 0.6 is 0 Å². The van der Waals surface area contributed by atoms with Gasteiger partial charge in [-0.1, -0.05) is 35.9 Å². The molecule has 7 nitrogen and oxygen atoms in total. The molecular formula is C25H24N6O. The largest absolute Gasteiger partial charge is 0.340 e. The fourth-order valence-corrected chi connectivity index (χ4v) is 3.05. The number of aromatic nitrogens is 2. The van der Waals surface area contributed by atoms with E-state index in [9.17, 15) is 4.79 Å². The van der Waals surface area contributed by atoms with E-state index in [2.05, 4.69) is 31.2 Å². The average Bonchev–Trinajstić information content (AvgIpc) is 2.77. The van der Waals surface area contributed by atoms with Gasteiger partial charge in [-0.15, -0.1) is 0 Å². The molecule has 4 N–H and O–H groups in total. The highest BCUT2D eigenvalue weighted by Crippen LogP contribution is 2.21. The molecule has 0 fully saturated rings. The van der Waals surface area contributed by atoms with E-state index < -0.39 is 0 Å². The Balaban J connectivity index is 1.39. The molecule has 1 heterocycles. The van der Waals surface area contributed by atoms with Gasteiger partial charge in [-0.05, 0) is 62.4 Å². The van der Waals surface area contributed by atoms with Crippen LogP contribution in [0, 0.1) is 13.8 Å². The topological polar surface area (TPSA) is 91.0 Å². The van der Waals surface area contributed by atoms with E-state index in [-0.39, 0.29) is 6.03 Å². The molecule has 160 valence electrons. The Labute approximate surface area is 186 Å². The summed E-state index contributed by atoms with van der Waals surface area (Å²) in [7, 11) is 0. The number of nitrogens with one attached hydrogen (secondary N) is 4. The van der Waals surface area contributed by atoms with Crippen LogP contribution in [0.5, 0.6) is 0 Å². The predicted molar refractivity (Wildman–Crippen MR) is 130 cm³/mol. The van der Waals surface area contributed by atoms with Crippen LogP contribution in [0.15, 0.2) is 84.9 Å². The molecule has 3 aromatic carbocycles. The molecule has 0 aliphatic rings. The van der Waals surface area contributed by atoms with Crippen LogP contribution in [0.3, 0.4) is 0 Å². The van der Waals surface area contributed by atoms with Crippen LogP contribution < -0.4 is 21.3 Å². The van der Waals surface area contributed by atoms with Gasteiger partial charge in [-0.25, -0.2) is 9.78 Å². The minimum absolute atomic E-state index is 0.296. The fourth-order valence-electron chi connectivity index (χ4n) is 3.05. The second-order valence-electron chi connectivity index (χ2n) is 7.36. The first-order chi connectivity index (χ1) is 15.5. The highest BCUT2D eigenvalue weighted by atomic mass is 16.2. The normalized spacial score (nSPS) is 10.3. The molecule has 0 unspecified atom stereocenters. The van der Waals surface area contributed by atoms with E-state index >= 15 is 0 Å². The highest BCUT2D eigenvalue weighted by Gasteiger charge is 2.05. The Kier molecular flexibility index (Phi) is 6.27. The number of rotatable bonds is 6. The van der Waals surface area contributed by atoms with Gasteiger partial charge in [0.2, 0.25) is 5.95 Å². The molecule has 0 aliphatic heterocycles. The molecule has 4 rings (SSSR count). The molecule has 7 heteroatoms. The predicted octanol–water partition coefficient (Wildman–Crippen LogP) is 6.22. The number of hydrogen-bond acceptors (Lipinski definition) is 5. The van der Waals surface area contributed by atoms with E-state index in [1.165, 1.54) is 5.56 Å². The third kappa shape index (κ3) is 5.82. The zero-order valence-electron chi connectivity index (χ0n) is 17.9. The van der Waals surface area contributed by atoms with Gasteiger partial charge in [-0.3, -0.25) is 0 Å². The van der Waals surface area contributed by atoms with Gasteiger partial charge in [0.05, 0.1) is 0 Å². The molecule has 0 atom stereocenters. The van der Waals surface area contributed by atoms with E-state index in [1.807, 2.05) is 98.8 Å². The average molecular weight is 425 g/mol. The number of aryl methyl sites for hydroxylation is 2. The summed E-state index contributed by atoms with van der Waals surface area (Å²) < 4.78 is 0. The van der Waals surface area contributed by atoms with Crippen LogP contribution in [0.1, 0.15) is 11.3 Å². The molecule has 32 heavy (non-hydrogen) atoms. The lowest BCUT2D eigenvalue weighted by Gasteiger charge is -2.11. The molecule has 1 aromatic heterocycles. The van der Waals surface area contributed by atoms with Gasteiger partial charge < -0.3 is 21.3 Å². The number of hydrogen-bond donors (Lipinski definition) is 4. The Morgan fingerprint density at radius 1 is 0.656 bits per heavy atom. The van der Waals surface area contributed by atoms with Crippen LogP contribution in [0.2, 0.25) is 0 Å². The monoisotopic (exact) mass is 424 g/mol. The van der Waals surface area contributed by atoms with Crippen molar-refractivity contribution in [3.63, 3.8) is 0 Å². The number of para-hydroxylation sites is 1. The van der Waals surface area contributed by atoms with Crippen LogP contribution in [-0.2, 0) is 0 Å². The number of anilines is 6. The first kappa shape index (κ1) is 20.9. The molecule has 0 bridgehead atoms. The van der Waals surface area contributed by atoms with Crippen LogP contribution in [0.25, 0.3) is 0 Å². The lowest BCUT2D eigenvalue weighted by Crippen LogP contribution is -2.19. The first-order valence-corrected chi connectivity index (χ1v) is 10.2. The summed E-state index contributed by atoms with van der Waals surface area (Å²) in [5, 5.41) is 12.1. The standard InChI is InChI=1S/C25H24N6O/c1-17-8-10-21(11-9-17)28-24-26-18(2)16-23(31-24)27-20-12-14-22(15-13-20)30-25(32)29-19-6-4-3-5-7-19/h3-16H,1-2H3,(H2,29,30,32)(H2,26,27,28,31). The Morgan fingerprint density at radius 3 is 1.91 bits per heavy atom. The summed E-state index contributed by atoms with van der Waals surface area (Å²) in [6, 6.07) is 26.3. The van der Waals surface area contributed by atoms with Gasteiger partial charge >= 0.3 is 6.03 Å². The van der Waals surface area contributed by atoms with Crippen molar-refractivity contribution in [2.75, 3.05) is 21.3 Å². The molecule has 0 saturated carbocycles. The van der Waals surface area contributed by atoms with Crippen molar-refractivity contribution in [1.82, 2.24) is 9.97 Å². The summed E-state index contributed by atoms with van der Waals surface area (Å²) in [5.41, 5.74) is 5.23. The smallest absolute Gasteiger partial charge is 0.323 e. The molecule has 2 amide bonds. The van der Waals surface area contributed by atoms with Crippen molar-refractivity contribution in [1.29, 1.82) is 0 Å². The van der Waals surface area contributed by atoms with Crippen LogP contribution in [-0.4, -0.2) is 16.0 Å². The fraction of sp³-hybridized carbons (Fsp3) is 0.0800. The Morgan fingerprint density at radius 2 is 1.22 bits per heavy atom. The van der Waals surface area contributed by atoms with Gasteiger partial charge in [0.25, 0.3) is 0 Å². The number of urea groups is 1. The number of carbonyl (C=O) groups is 1. The maximum atomic E-state index is 12.1. The Bertz CT molecular complexity index is 1190. The minimum Gasteiger partial charge on any atom is -0.340 e. The number of carbonyl (C=O) groups excluding carboxylic acids is 1. The number of nitrogens with zero attached hydrogens (tertiary/aromatic N) is 2. The van der Waals surface area contributed by atoms with Gasteiger partial charge in [0.15, 0.2) is 0 Å². The van der Waals surface area contributed by atoms with Crippen molar-refractivity contribution in [3.05, 3.63) is 96.2 Å². The van der Waals surface area contributed by atoms with Gasteiger partial charge in [-0.2, -0.15) is 4.98 Å². The summed E-state index contributed by atoms with van der Waals surface area (Å²) >= 11 is 0. The third-order valence-corrected chi connectivity index (χ3v) is 4.61. The zero-order valence-corrected chi connectivity index (χ0v) is 17.9. The summed E-state index contributed by atoms with van der Waals surface area (Å²) in [6.07, 6.45) is 0. The lowest BCUT2D eigenvalue weighted by molar-refractivity contribution is 0.262. The van der Waals surface area contributed by atoms with Crippen LogP contribution in [0.4, 0.5) is 39.3 Å². The molecular weight excluding hydrogens is 400 g/mol. The SMILES string of the molecule is Cc1ccc(Nc2nc(C)cc(Nc3ccc(NC(=O)Nc4ccccc4)cc3)n2)cc1. The first-order valence-electron chi connectivity index (χ1n) is 10.2. The molecule has 4 aromatic rings. The molecule has 0 saturated heterocycles. The van der Waals surface area contributed by atoms with E-state index in [0.29, 0.717) is 17.5 Å². The second-order valence-corrected chi connectivity index (χ2v) is 7.36. The van der Waals surface area contributed by atoms with Gasteiger partial charge in [0, 0.05) is 34.5 Å². The second kappa shape index (κ2) is 9.61. The molecule has 0 spiro atoms. The van der Waals surface area contributed by atoms with Crippen molar-refractivity contribution in [2.45, 2.75) is 13.8 Å². The number of benzene rings is 3. The maximum absolute atomic E-state index is 12.1. The van der Waals surface area contributed by atoms with E-state index in [1.54, 1.807) is 0 Å². The molecule has 0 radical (unpaired) electrons. The summed E-state index contributed by atoms with van der Waals surface area (Å²) in [4.78, 5) is 21.1. The van der Waals surface area contributed by atoms with E-state index in [0.717, 1.165) is 22.8 Å². The summed E-state index contributed by atoms with van der Waals surface area (Å²) in [5.74, 6) is 1.20. The lowest BCUT2D eigenvalue weighted by atomic mass is 10.2. The minimum atomic E-state index is -0.296. The summed E-state index contributed by atoms with van der Waals surface area (Å²) in [6.45, 7) is 3.97. The van der Waals surface area contributed by atoms with Crippen molar-refractivity contribution >= 4 is 40.5 Å².